The molecule has 0 N–H and O–H groups in total. The van der Waals surface area contributed by atoms with Crippen molar-refractivity contribution < 1.29 is 0 Å². The quantitative estimate of drug-likeness (QED) is 0.163. The summed E-state index contributed by atoms with van der Waals surface area (Å²) in [6, 6.07) is 43.2. The van der Waals surface area contributed by atoms with Crippen LogP contribution in [0.3, 0.4) is 0 Å². The van der Waals surface area contributed by atoms with Crippen molar-refractivity contribution in [3.05, 3.63) is 154 Å². The van der Waals surface area contributed by atoms with Gasteiger partial charge in [0.05, 0.1) is 22.7 Å². The Morgan fingerprint density at radius 3 is 1.66 bits per heavy atom. The molecule has 0 fully saturated rings. The molecule has 7 aromatic rings. The largest absolute Gasteiger partial charge is 0.311 e. The maximum absolute atomic E-state index is 2.71. The number of aryl methyl sites for hydroxylation is 2. The minimum atomic E-state index is 0.0508. The molecule has 0 amide bonds. The van der Waals surface area contributed by atoms with Crippen LogP contribution in [0.5, 0.6) is 0 Å². The van der Waals surface area contributed by atoms with E-state index in [4.69, 9.17) is 0 Å². The molecule has 3 aliphatic rings. The molecule has 1 aromatic heterocycles. The number of hydrogen-bond acceptors (Lipinski definition) is 3. The van der Waals surface area contributed by atoms with Crippen LogP contribution in [0.1, 0.15) is 146 Å². The first-order valence-corrected chi connectivity index (χ1v) is 25.1. The summed E-state index contributed by atoms with van der Waals surface area (Å²) in [5.74, 6) is 0. The molecule has 2 heterocycles. The summed E-state index contributed by atoms with van der Waals surface area (Å²) in [7, 11) is 0.827. The van der Waals surface area contributed by atoms with Crippen LogP contribution < -0.4 is 20.0 Å². The highest BCUT2D eigenvalue weighted by Gasteiger charge is 2.41. The standard InChI is InChI=1S/C61H69BN2S/c1-37-20-25-43(40-18-16-15-17-19-40)52(30-37)64-51-32-38(2)31-50(39(51)3)63(42-23-21-41(22-24-42)57(4,5)6)53-35-47-46(59(9,10)27-28-60(47,11)12)34-49(53)62-56-55(64)44-33-45-48(36-54(44)65-56)61(13,14)29-26-58(45,7)8/h15-25,30-36,62H,26-29H2,1-14H3. The lowest BCUT2D eigenvalue weighted by atomic mass is 9.59. The fraction of sp³-hybridized carbons (Fsp3) is 0.377. The topological polar surface area (TPSA) is 6.48 Å². The van der Waals surface area contributed by atoms with E-state index in [1.54, 1.807) is 0 Å². The van der Waals surface area contributed by atoms with Crippen molar-refractivity contribution in [2.75, 3.05) is 9.80 Å². The van der Waals surface area contributed by atoms with Gasteiger partial charge >= 0.3 is 0 Å². The highest BCUT2D eigenvalue weighted by Crippen LogP contribution is 2.54. The summed E-state index contributed by atoms with van der Waals surface area (Å²) in [4.78, 5) is 5.35. The minimum Gasteiger partial charge on any atom is -0.311 e. The van der Waals surface area contributed by atoms with Crippen molar-refractivity contribution in [3.63, 3.8) is 0 Å². The van der Waals surface area contributed by atoms with Gasteiger partial charge in [-0.2, -0.15) is 0 Å². The van der Waals surface area contributed by atoms with Gasteiger partial charge in [-0.3, -0.25) is 0 Å². The Hall–Kier alpha value is -5.06. The van der Waals surface area contributed by atoms with E-state index >= 15 is 0 Å². The normalized spacial score (nSPS) is 18.0. The molecule has 6 aromatic carbocycles. The summed E-state index contributed by atoms with van der Waals surface area (Å²) in [5, 5.41) is 1.37. The Labute approximate surface area is 395 Å². The zero-order valence-corrected chi connectivity index (χ0v) is 42.5. The van der Waals surface area contributed by atoms with E-state index < -0.39 is 0 Å². The van der Waals surface area contributed by atoms with Gasteiger partial charge in [0.1, 0.15) is 0 Å². The van der Waals surface area contributed by atoms with E-state index in [1.165, 1.54) is 136 Å². The zero-order chi connectivity index (χ0) is 46.2. The monoisotopic (exact) mass is 873 g/mol. The van der Waals surface area contributed by atoms with Crippen LogP contribution in [0, 0.1) is 20.8 Å². The lowest BCUT2D eigenvalue weighted by molar-refractivity contribution is 0.332. The zero-order valence-electron chi connectivity index (χ0n) is 41.7. The van der Waals surface area contributed by atoms with Crippen LogP contribution in [-0.4, -0.2) is 7.28 Å². The van der Waals surface area contributed by atoms with Gasteiger partial charge in [-0.1, -0.05) is 142 Å². The fourth-order valence-electron chi connectivity index (χ4n) is 11.6. The molecular formula is C61H69BN2S. The molecule has 1 aliphatic heterocycles. The Morgan fingerprint density at radius 2 is 1.06 bits per heavy atom. The van der Waals surface area contributed by atoms with Gasteiger partial charge in [0.2, 0.25) is 7.28 Å². The maximum Gasteiger partial charge on any atom is 0.210 e. The maximum atomic E-state index is 2.71. The van der Waals surface area contributed by atoms with Crippen molar-refractivity contribution in [3.8, 4) is 11.1 Å². The van der Waals surface area contributed by atoms with Gasteiger partial charge in [0, 0.05) is 27.0 Å². The van der Waals surface area contributed by atoms with Crippen molar-refractivity contribution in [2.45, 2.75) is 150 Å². The number of anilines is 6. The van der Waals surface area contributed by atoms with E-state index in [1.807, 2.05) is 11.3 Å². The second-order valence-electron chi connectivity index (χ2n) is 23.8. The molecule has 2 bridgehead atoms. The highest BCUT2D eigenvalue weighted by atomic mass is 32.1. The number of nitrogens with zero attached hydrogens (tertiary/aromatic N) is 2. The SMILES string of the molecule is Cc1ccc(-c2ccccc2)c(N2c3cc(C)cc(c3C)N(c3ccc(C(C)(C)C)cc3)c3cc4c(cc3Bc3sc5cc6c(cc5c32)C(C)(C)CCC6(C)C)C(C)(C)CCC4(C)C)c1. The number of thiophene rings is 1. The summed E-state index contributed by atoms with van der Waals surface area (Å²) < 4.78 is 2.80. The first-order valence-electron chi connectivity index (χ1n) is 24.3. The lowest BCUT2D eigenvalue weighted by Gasteiger charge is -2.44. The van der Waals surface area contributed by atoms with Crippen molar-refractivity contribution in [1.82, 2.24) is 0 Å². The molecule has 10 rings (SSSR count). The molecule has 0 spiro atoms. The second kappa shape index (κ2) is 15.0. The van der Waals surface area contributed by atoms with Crippen LogP contribution in [0.4, 0.5) is 34.1 Å². The van der Waals surface area contributed by atoms with Crippen LogP contribution in [0.15, 0.2) is 109 Å². The van der Waals surface area contributed by atoms with Crippen LogP contribution in [0.2, 0.25) is 0 Å². The molecule has 0 unspecified atom stereocenters. The first kappa shape index (κ1) is 43.8. The van der Waals surface area contributed by atoms with Crippen molar-refractivity contribution in [2.24, 2.45) is 0 Å². The Balaban J connectivity index is 1.38. The molecule has 0 atom stereocenters. The summed E-state index contributed by atoms with van der Waals surface area (Å²) >= 11 is 2.03. The molecule has 332 valence electrons. The van der Waals surface area contributed by atoms with Gasteiger partial charge in [0.25, 0.3) is 0 Å². The van der Waals surface area contributed by atoms with Gasteiger partial charge in [-0.15, -0.1) is 11.3 Å². The molecule has 0 saturated carbocycles. The van der Waals surface area contributed by atoms with Crippen LogP contribution in [0.25, 0.3) is 21.2 Å². The number of fused-ring (bicyclic) bond motifs is 8. The summed E-state index contributed by atoms with van der Waals surface area (Å²) in [6.07, 6.45) is 4.73. The summed E-state index contributed by atoms with van der Waals surface area (Å²) in [6.45, 7) is 33.7. The highest BCUT2D eigenvalue weighted by molar-refractivity contribution is 7.29. The first-order chi connectivity index (χ1) is 30.5. The second-order valence-corrected chi connectivity index (χ2v) is 24.9. The Bertz CT molecular complexity index is 3030. The van der Waals surface area contributed by atoms with E-state index in [0.29, 0.717) is 0 Å². The van der Waals surface area contributed by atoms with E-state index in [-0.39, 0.29) is 27.1 Å². The molecule has 2 nitrogen and oxygen atoms in total. The van der Waals surface area contributed by atoms with Crippen molar-refractivity contribution >= 4 is 73.1 Å². The number of hydrogen-bond donors (Lipinski definition) is 0. The molecule has 2 aliphatic carbocycles. The summed E-state index contributed by atoms with van der Waals surface area (Å²) in [5.41, 5.74) is 22.9. The smallest absolute Gasteiger partial charge is 0.210 e. The predicted octanol–water partition coefficient (Wildman–Crippen LogP) is 16.1. The average Bonchev–Trinajstić information content (AvgIpc) is 3.59. The molecule has 0 saturated heterocycles. The molecule has 4 heteroatoms. The molecule has 65 heavy (non-hydrogen) atoms. The van der Waals surface area contributed by atoms with Crippen LogP contribution >= 0.6 is 11.3 Å². The van der Waals surface area contributed by atoms with Crippen LogP contribution in [-0.2, 0) is 27.1 Å². The van der Waals surface area contributed by atoms with E-state index in [2.05, 4.69) is 216 Å². The van der Waals surface area contributed by atoms with Gasteiger partial charge in [-0.25, -0.2) is 0 Å². The minimum absolute atomic E-state index is 0.0508. The molecule has 0 radical (unpaired) electrons. The Kier molecular flexibility index (Phi) is 10.1. The van der Waals surface area contributed by atoms with E-state index in [9.17, 15) is 0 Å². The van der Waals surface area contributed by atoms with Gasteiger partial charge in [-0.05, 0) is 177 Å². The van der Waals surface area contributed by atoms with Crippen molar-refractivity contribution in [1.29, 1.82) is 0 Å². The third-order valence-corrected chi connectivity index (χ3v) is 17.2. The number of benzene rings is 6. The van der Waals surface area contributed by atoms with Gasteiger partial charge < -0.3 is 9.80 Å². The lowest BCUT2D eigenvalue weighted by Crippen LogP contribution is -2.39. The fourth-order valence-corrected chi connectivity index (χ4v) is 12.8. The Morgan fingerprint density at radius 1 is 0.523 bits per heavy atom. The molecular weight excluding hydrogens is 804 g/mol. The van der Waals surface area contributed by atoms with Gasteiger partial charge in [0.15, 0.2) is 0 Å². The average molecular weight is 873 g/mol. The number of rotatable bonds is 3. The third-order valence-electron chi connectivity index (χ3n) is 16.0. The van der Waals surface area contributed by atoms with E-state index in [0.717, 1.165) is 7.28 Å². The third kappa shape index (κ3) is 7.29. The predicted molar refractivity (Wildman–Crippen MR) is 287 cm³/mol.